The summed E-state index contributed by atoms with van der Waals surface area (Å²) in [6.45, 7) is 2.35. The maximum atomic E-state index is 13.1. The number of esters is 1. The first-order valence-corrected chi connectivity index (χ1v) is 10.1. The van der Waals surface area contributed by atoms with Gasteiger partial charge in [0.05, 0.1) is 17.8 Å². The van der Waals surface area contributed by atoms with Gasteiger partial charge in [0.15, 0.2) is 5.03 Å². The van der Waals surface area contributed by atoms with Crippen molar-refractivity contribution in [2.45, 2.75) is 24.8 Å². The van der Waals surface area contributed by atoms with Crippen LogP contribution in [-0.4, -0.2) is 30.0 Å². The third kappa shape index (κ3) is 4.09. The lowest BCUT2D eigenvalue weighted by molar-refractivity contribution is -0.137. The number of rotatable bonds is 7. The summed E-state index contributed by atoms with van der Waals surface area (Å²) < 4.78 is 32.6. The second-order valence-corrected chi connectivity index (χ2v) is 7.65. The minimum absolute atomic E-state index is 0.0634. The molecule has 0 radical (unpaired) electrons. The number of unbranched alkanes of at least 4 members (excludes halogenated alkanes) is 1. The quantitative estimate of drug-likeness (QED) is 0.353. The van der Waals surface area contributed by atoms with Crippen LogP contribution >= 0.6 is 0 Å². The fourth-order valence-corrected chi connectivity index (χ4v) is 4.10. The van der Waals surface area contributed by atoms with Crippen molar-refractivity contribution < 1.29 is 17.9 Å². The van der Waals surface area contributed by atoms with Crippen LogP contribution < -0.4 is 0 Å². The van der Waals surface area contributed by atoms with E-state index in [0.717, 1.165) is 18.2 Å². The van der Waals surface area contributed by atoms with Gasteiger partial charge in [-0.15, -0.1) is 0 Å². The van der Waals surface area contributed by atoms with E-state index >= 15 is 0 Å². The molecule has 0 aliphatic heterocycles. The Kier molecular flexibility index (Phi) is 5.71. The summed E-state index contributed by atoms with van der Waals surface area (Å²) in [5.41, 5.74) is 0.872. The molecule has 0 aliphatic carbocycles. The minimum atomic E-state index is -3.92. The van der Waals surface area contributed by atoms with E-state index in [1.807, 2.05) is 19.1 Å². The van der Waals surface area contributed by atoms with Crippen molar-refractivity contribution in [3.05, 3.63) is 66.5 Å². The van der Waals surface area contributed by atoms with Crippen molar-refractivity contribution in [2.75, 3.05) is 6.61 Å². The molecule has 0 N–H and O–H groups in total. The number of benzene rings is 1. The average molecular weight is 384 g/mol. The third-order valence-corrected chi connectivity index (χ3v) is 5.63. The first kappa shape index (κ1) is 18.8. The topological polar surface area (TPSA) is 78.3 Å². The van der Waals surface area contributed by atoms with E-state index < -0.39 is 16.0 Å². The molecule has 7 heteroatoms. The van der Waals surface area contributed by atoms with Gasteiger partial charge in [-0.2, -0.15) is 8.42 Å². The van der Waals surface area contributed by atoms with Gasteiger partial charge in [0.1, 0.15) is 0 Å². The lowest BCUT2D eigenvalue weighted by Crippen LogP contribution is -2.15. The number of hydrogen-bond donors (Lipinski definition) is 0. The molecule has 3 aromatic rings. The lowest BCUT2D eigenvalue weighted by atomic mass is 10.2. The summed E-state index contributed by atoms with van der Waals surface area (Å²) in [6.07, 6.45) is 5.84. The number of ether oxygens (including phenoxy) is 1. The molecule has 0 atom stereocenters. The molecule has 6 nitrogen and oxygen atoms in total. The van der Waals surface area contributed by atoms with Gasteiger partial charge >= 0.3 is 5.97 Å². The Morgan fingerprint density at radius 1 is 1.19 bits per heavy atom. The highest BCUT2D eigenvalue weighted by Gasteiger charge is 2.23. The summed E-state index contributed by atoms with van der Waals surface area (Å²) in [7, 11) is -3.92. The second-order valence-electron chi connectivity index (χ2n) is 5.92. The number of carbonyl (C=O) groups excluding carboxylic acids is 1. The first-order valence-electron chi connectivity index (χ1n) is 8.66. The van der Waals surface area contributed by atoms with Gasteiger partial charge in [-0.1, -0.05) is 37.6 Å². The molecule has 0 amide bonds. The molecule has 2 heterocycles. The fourth-order valence-electron chi connectivity index (χ4n) is 2.65. The molecule has 0 saturated carbocycles. The van der Waals surface area contributed by atoms with E-state index in [1.54, 1.807) is 30.3 Å². The van der Waals surface area contributed by atoms with Crippen LogP contribution in [0.25, 0.3) is 17.0 Å². The van der Waals surface area contributed by atoms with Crippen LogP contribution in [0.5, 0.6) is 0 Å². The highest BCUT2D eigenvalue weighted by molar-refractivity contribution is 7.90. The Labute approximate surface area is 158 Å². The summed E-state index contributed by atoms with van der Waals surface area (Å²) in [5.74, 6) is -0.504. The number of fused-ring (bicyclic) bond motifs is 1. The Morgan fingerprint density at radius 3 is 2.70 bits per heavy atom. The van der Waals surface area contributed by atoms with Crippen molar-refractivity contribution in [2.24, 2.45) is 0 Å². The molecule has 0 fully saturated rings. The Bertz CT molecular complexity index is 1070. The van der Waals surface area contributed by atoms with Gasteiger partial charge in [-0.25, -0.2) is 13.8 Å². The number of carbonyl (C=O) groups is 1. The number of pyridine rings is 1. The zero-order valence-electron chi connectivity index (χ0n) is 14.9. The molecule has 0 bridgehead atoms. The van der Waals surface area contributed by atoms with Crippen LogP contribution in [-0.2, 0) is 19.6 Å². The van der Waals surface area contributed by atoms with E-state index in [4.69, 9.17) is 4.74 Å². The summed E-state index contributed by atoms with van der Waals surface area (Å²) in [5, 5.41) is 0.683. The number of hydrogen-bond acceptors (Lipinski definition) is 5. The molecule has 0 aliphatic rings. The summed E-state index contributed by atoms with van der Waals surface area (Å²) in [6, 6.07) is 13.5. The van der Waals surface area contributed by atoms with E-state index in [9.17, 15) is 13.2 Å². The molecular formula is C20H20N2O4S. The van der Waals surface area contributed by atoms with Crippen LogP contribution in [0.1, 0.15) is 25.5 Å². The van der Waals surface area contributed by atoms with Crippen LogP contribution in [0.15, 0.2) is 65.8 Å². The van der Waals surface area contributed by atoms with E-state index in [1.165, 1.54) is 28.4 Å². The van der Waals surface area contributed by atoms with Crippen LogP contribution in [0.4, 0.5) is 0 Å². The van der Waals surface area contributed by atoms with Gasteiger partial charge < -0.3 is 4.74 Å². The van der Waals surface area contributed by atoms with Crippen molar-refractivity contribution in [1.82, 2.24) is 8.96 Å². The van der Waals surface area contributed by atoms with E-state index in [-0.39, 0.29) is 5.03 Å². The summed E-state index contributed by atoms with van der Waals surface area (Å²) in [4.78, 5) is 15.8. The zero-order chi connectivity index (χ0) is 19.3. The third-order valence-electron chi connectivity index (χ3n) is 3.97. The Balaban J connectivity index is 2.04. The number of para-hydroxylation sites is 1. The molecule has 0 saturated heterocycles. The first-order chi connectivity index (χ1) is 13.0. The molecule has 0 unspecified atom stereocenters. The standard InChI is InChI=1S/C20H20N2O4S/c1-2-3-14-26-20(23)12-11-17-15-16-8-4-5-9-18(16)22(17)27(24,25)19-10-6-7-13-21-19/h4-13,15H,2-3,14H2,1H3/b12-11+. The monoisotopic (exact) mass is 384 g/mol. The predicted molar refractivity (Wildman–Crippen MR) is 104 cm³/mol. The smallest absolute Gasteiger partial charge is 0.330 e. The molecule has 2 aromatic heterocycles. The highest BCUT2D eigenvalue weighted by Crippen LogP contribution is 2.25. The van der Waals surface area contributed by atoms with Crippen LogP contribution in [0, 0.1) is 0 Å². The molecule has 3 rings (SSSR count). The van der Waals surface area contributed by atoms with Crippen LogP contribution in [0.3, 0.4) is 0 Å². The number of aromatic nitrogens is 2. The average Bonchev–Trinajstić information content (AvgIpc) is 3.06. The second kappa shape index (κ2) is 8.18. The minimum Gasteiger partial charge on any atom is -0.463 e. The summed E-state index contributed by atoms with van der Waals surface area (Å²) >= 11 is 0. The van der Waals surface area contributed by atoms with Gasteiger partial charge in [0.2, 0.25) is 0 Å². The predicted octanol–water partition coefficient (Wildman–Crippen LogP) is 3.63. The number of nitrogens with zero attached hydrogens (tertiary/aromatic N) is 2. The van der Waals surface area contributed by atoms with Crippen molar-refractivity contribution in [1.29, 1.82) is 0 Å². The van der Waals surface area contributed by atoms with Gasteiger partial charge in [0, 0.05) is 17.7 Å². The molecule has 140 valence electrons. The molecule has 1 aromatic carbocycles. The Morgan fingerprint density at radius 2 is 1.96 bits per heavy atom. The van der Waals surface area contributed by atoms with Crippen molar-refractivity contribution in [3.8, 4) is 0 Å². The van der Waals surface area contributed by atoms with E-state index in [2.05, 4.69) is 4.98 Å². The van der Waals surface area contributed by atoms with Crippen LogP contribution in [0.2, 0.25) is 0 Å². The van der Waals surface area contributed by atoms with Gasteiger partial charge in [-0.05, 0) is 36.8 Å². The highest BCUT2D eigenvalue weighted by atomic mass is 32.2. The molecule has 27 heavy (non-hydrogen) atoms. The van der Waals surface area contributed by atoms with Gasteiger partial charge in [-0.3, -0.25) is 0 Å². The lowest BCUT2D eigenvalue weighted by Gasteiger charge is -2.09. The van der Waals surface area contributed by atoms with Crippen molar-refractivity contribution >= 4 is 33.0 Å². The fraction of sp³-hybridized carbons (Fsp3) is 0.200. The van der Waals surface area contributed by atoms with Crippen molar-refractivity contribution in [3.63, 3.8) is 0 Å². The largest absolute Gasteiger partial charge is 0.463 e. The van der Waals surface area contributed by atoms with E-state index in [0.29, 0.717) is 17.8 Å². The maximum Gasteiger partial charge on any atom is 0.330 e. The maximum absolute atomic E-state index is 13.1. The SMILES string of the molecule is CCCCOC(=O)/C=C/c1cc2ccccc2n1S(=O)(=O)c1ccccn1. The zero-order valence-corrected chi connectivity index (χ0v) is 15.7. The van der Waals surface area contributed by atoms with Gasteiger partial charge in [0.25, 0.3) is 10.0 Å². The molecule has 0 spiro atoms. The Hall–Kier alpha value is -2.93. The normalized spacial score (nSPS) is 11.9. The molecular weight excluding hydrogens is 364 g/mol.